The highest BCUT2D eigenvalue weighted by atomic mass is 16.3. The maximum absolute atomic E-state index is 7.15. The summed E-state index contributed by atoms with van der Waals surface area (Å²) < 4.78 is 14.3. The maximum atomic E-state index is 7.15. The number of fused-ring (bicyclic) bond motifs is 14. The van der Waals surface area contributed by atoms with E-state index >= 15 is 0 Å². The average molecular weight is 857 g/mol. The maximum Gasteiger partial charge on any atom is 0.143 e. The highest BCUT2D eigenvalue weighted by Gasteiger charge is 2.32. The van der Waals surface area contributed by atoms with Crippen molar-refractivity contribution in [1.82, 2.24) is 9.97 Å². The van der Waals surface area contributed by atoms with Gasteiger partial charge in [0, 0.05) is 74.5 Å². The van der Waals surface area contributed by atoms with E-state index in [-0.39, 0.29) is 11.8 Å². The zero-order valence-electron chi connectivity index (χ0n) is 36.6. The Kier molecular flexibility index (Phi) is 8.29. The molecule has 314 valence electrons. The van der Waals surface area contributed by atoms with Gasteiger partial charge >= 0.3 is 0 Å². The molecule has 14 rings (SSSR count). The van der Waals surface area contributed by atoms with Gasteiger partial charge in [-0.1, -0.05) is 153 Å². The van der Waals surface area contributed by atoms with Gasteiger partial charge in [-0.25, -0.2) is 0 Å². The van der Waals surface area contributed by atoms with E-state index in [1.54, 1.807) is 0 Å². The first-order valence-corrected chi connectivity index (χ1v) is 23.0. The van der Waals surface area contributed by atoms with Crippen LogP contribution in [0.3, 0.4) is 0 Å². The highest BCUT2D eigenvalue weighted by Crippen LogP contribution is 2.51. The third-order valence-electron chi connectivity index (χ3n) is 14.4. The molecule has 4 heterocycles. The van der Waals surface area contributed by atoms with Crippen LogP contribution in [0, 0.1) is 5.92 Å². The summed E-state index contributed by atoms with van der Waals surface area (Å²) in [7, 11) is 0. The molecule has 67 heavy (non-hydrogen) atoms. The average Bonchev–Trinajstić information content (AvgIpc) is 4.00. The molecule has 9 aromatic carbocycles. The Labute approximate surface area is 385 Å². The number of rotatable bonds is 5. The highest BCUT2D eigenvalue weighted by molar-refractivity contribution is 6.30. The van der Waals surface area contributed by atoms with E-state index in [1.165, 1.54) is 54.2 Å². The van der Waals surface area contributed by atoms with Crippen LogP contribution in [0.4, 0.5) is 0 Å². The third-order valence-corrected chi connectivity index (χ3v) is 14.4. The topological polar surface area (TPSA) is 52.1 Å². The largest absolute Gasteiger partial charge is 0.455 e. The van der Waals surface area contributed by atoms with Crippen molar-refractivity contribution in [3.05, 3.63) is 230 Å². The predicted octanol–water partition coefficient (Wildman–Crippen LogP) is 17.1. The van der Waals surface area contributed by atoms with E-state index in [9.17, 15) is 0 Å². The quantitative estimate of drug-likeness (QED) is 0.173. The van der Waals surface area contributed by atoms with Crippen LogP contribution < -0.4 is 0 Å². The number of hydrogen-bond donors (Lipinski definition) is 0. The lowest BCUT2D eigenvalue weighted by atomic mass is 9.73. The molecular formula is C63H40N2O2. The minimum Gasteiger partial charge on any atom is -0.455 e. The zero-order chi connectivity index (χ0) is 44.2. The Morgan fingerprint density at radius 2 is 0.896 bits per heavy atom. The van der Waals surface area contributed by atoms with Crippen LogP contribution in [0.5, 0.6) is 0 Å². The van der Waals surface area contributed by atoms with Crippen molar-refractivity contribution < 1.29 is 8.83 Å². The molecule has 1 aliphatic rings. The van der Waals surface area contributed by atoms with Gasteiger partial charge in [0.1, 0.15) is 22.3 Å². The molecule has 0 aliphatic heterocycles. The first-order valence-electron chi connectivity index (χ1n) is 23.0. The van der Waals surface area contributed by atoms with Gasteiger partial charge in [-0.05, 0) is 119 Å². The molecule has 0 spiro atoms. The lowest BCUT2D eigenvalue weighted by molar-refractivity contribution is 0.645. The molecule has 0 saturated carbocycles. The standard InChI is InChI=1S/C63H40N2O2/c1-37-52(46-29-44(42-16-10-26-64-35-42)28-45(30-46)43-17-11-27-65-36-43)33-47(54-31-40-14-4-8-20-50(40)60-58-48-18-6-2-12-38(48)22-24-56(58)66-62(54)60)34-53(37)55-32-41-15-5-9-21-51(41)61-59-49-19-7-3-13-39(49)23-25-57(59)67-63(55)61/h2-37,52H,1H3. The zero-order valence-corrected chi connectivity index (χ0v) is 36.6. The molecule has 0 radical (unpaired) electrons. The van der Waals surface area contributed by atoms with E-state index in [0.717, 1.165) is 82.8 Å². The summed E-state index contributed by atoms with van der Waals surface area (Å²) in [6.07, 6.45) is 12.5. The van der Waals surface area contributed by atoms with Gasteiger partial charge in [-0.3, -0.25) is 9.97 Å². The Balaban J connectivity index is 1.09. The second-order valence-electron chi connectivity index (χ2n) is 18.1. The fourth-order valence-electron chi connectivity index (χ4n) is 11.2. The van der Waals surface area contributed by atoms with Crippen molar-refractivity contribution >= 4 is 98.1 Å². The van der Waals surface area contributed by atoms with Crippen LogP contribution in [-0.4, -0.2) is 9.97 Å². The Bertz CT molecular complexity index is 4180. The van der Waals surface area contributed by atoms with Crippen molar-refractivity contribution in [2.45, 2.75) is 12.8 Å². The Hall–Kier alpha value is -8.60. The van der Waals surface area contributed by atoms with E-state index in [2.05, 4.69) is 193 Å². The van der Waals surface area contributed by atoms with Crippen molar-refractivity contribution in [2.24, 2.45) is 5.92 Å². The van der Waals surface area contributed by atoms with E-state index in [1.807, 2.05) is 36.9 Å². The van der Waals surface area contributed by atoms with Gasteiger partial charge in [0.05, 0.1) is 0 Å². The van der Waals surface area contributed by atoms with Gasteiger partial charge in [-0.2, -0.15) is 0 Å². The SMILES string of the molecule is CC1C(c2cc3ccccc3c3c2oc2ccc4ccccc4c23)=CC(c2cc3ccccc3c3c2oc2ccc4ccccc4c23)=CC1c1cc(-c2cccnc2)cc(-c2cccnc2)c1. The summed E-state index contributed by atoms with van der Waals surface area (Å²) in [6, 6.07) is 63.5. The second-order valence-corrected chi connectivity index (χ2v) is 18.1. The van der Waals surface area contributed by atoms with Crippen LogP contribution in [0.15, 0.2) is 222 Å². The second kappa shape index (κ2) is 14.7. The molecule has 2 unspecified atom stereocenters. The first kappa shape index (κ1) is 37.7. The Morgan fingerprint density at radius 3 is 1.42 bits per heavy atom. The van der Waals surface area contributed by atoms with Crippen molar-refractivity contribution in [2.75, 3.05) is 0 Å². The molecule has 0 N–H and O–H groups in total. The Morgan fingerprint density at radius 1 is 0.418 bits per heavy atom. The summed E-state index contributed by atoms with van der Waals surface area (Å²) in [5.41, 5.74) is 13.6. The molecule has 4 nitrogen and oxygen atoms in total. The van der Waals surface area contributed by atoms with Gasteiger partial charge in [-0.15, -0.1) is 0 Å². The molecule has 4 aromatic heterocycles. The number of hydrogen-bond acceptors (Lipinski definition) is 4. The predicted molar refractivity (Wildman–Crippen MR) is 278 cm³/mol. The molecule has 0 amide bonds. The summed E-state index contributed by atoms with van der Waals surface area (Å²) >= 11 is 0. The first-order chi connectivity index (χ1) is 33.1. The number of pyridine rings is 2. The molecular weight excluding hydrogens is 817 g/mol. The summed E-state index contributed by atoms with van der Waals surface area (Å²) in [5, 5.41) is 14.1. The lowest BCUT2D eigenvalue weighted by Crippen LogP contribution is -2.15. The minimum absolute atomic E-state index is 0.0273. The third kappa shape index (κ3) is 5.86. The van der Waals surface area contributed by atoms with Crippen molar-refractivity contribution in [1.29, 1.82) is 0 Å². The molecule has 1 aliphatic carbocycles. The summed E-state index contributed by atoms with van der Waals surface area (Å²) in [4.78, 5) is 9.10. The van der Waals surface area contributed by atoms with Gasteiger partial charge in [0.25, 0.3) is 0 Å². The van der Waals surface area contributed by atoms with E-state index < -0.39 is 0 Å². The minimum atomic E-state index is -0.0551. The van der Waals surface area contributed by atoms with E-state index in [0.29, 0.717) is 0 Å². The molecule has 0 bridgehead atoms. The van der Waals surface area contributed by atoms with Crippen LogP contribution in [0.25, 0.3) is 120 Å². The monoisotopic (exact) mass is 856 g/mol. The normalized spacial score (nSPS) is 15.4. The number of allylic oxidation sites excluding steroid dienone is 4. The smallest absolute Gasteiger partial charge is 0.143 e. The van der Waals surface area contributed by atoms with Crippen LogP contribution in [0.1, 0.15) is 29.5 Å². The van der Waals surface area contributed by atoms with Crippen molar-refractivity contribution in [3.8, 4) is 22.3 Å². The van der Waals surface area contributed by atoms with Crippen LogP contribution >= 0.6 is 0 Å². The summed E-state index contributed by atoms with van der Waals surface area (Å²) in [6.45, 7) is 2.38. The molecule has 2 atom stereocenters. The molecule has 13 aromatic rings. The van der Waals surface area contributed by atoms with E-state index in [4.69, 9.17) is 8.83 Å². The number of benzene rings is 9. The summed E-state index contributed by atoms with van der Waals surface area (Å²) in [5.74, 6) is -0.0278. The van der Waals surface area contributed by atoms with Crippen LogP contribution in [-0.2, 0) is 0 Å². The number of nitrogens with zero attached hydrogens (tertiary/aromatic N) is 2. The van der Waals surface area contributed by atoms with Gasteiger partial charge in [0.15, 0.2) is 0 Å². The fraction of sp³-hybridized carbons (Fsp3) is 0.0476. The lowest BCUT2D eigenvalue weighted by Gasteiger charge is -2.31. The van der Waals surface area contributed by atoms with Crippen LogP contribution in [0.2, 0.25) is 0 Å². The fourth-order valence-corrected chi connectivity index (χ4v) is 11.2. The molecule has 0 saturated heterocycles. The van der Waals surface area contributed by atoms with Crippen molar-refractivity contribution in [3.63, 3.8) is 0 Å². The number of aromatic nitrogens is 2. The number of furan rings is 2. The van der Waals surface area contributed by atoms with Gasteiger partial charge < -0.3 is 8.83 Å². The van der Waals surface area contributed by atoms with Gasteiger partial charge in [0.2, 0.25) is 0 Å². The molecule has 0 fully saturated rings. The molecule has 4 heteroatoms.